The SMILES string of the molecule is CN1CCC(NS(=O)(=O)c2ccc([N+](=O)[O-])c(N)c2)CC1. The van der Waals surface area contributed by atoms with Gasteiger partial charge in [-0.25, -0.2) is 13.1 Å². The van der Waals surface area contributed by atoms with Crippen molar-refractivity contribution in [2.75, 3.05) is 25.9 Å². The van der Waals surface area contributed by atoms with Crippen LogP contribution in [0.2, 0.25) is 0 Å². The molecule has 1 aromatic carbocycles. The summed E-state index contributed by atoms with van der Waals surface area (Å²) in [6.07, 6.45) is 1.47. The Kier molecular flexibility index (Phi) is 4.45. The Morgan fingerprint density at radius 2 is 2.00 bits per heavy atom. The number of nitro groups is 1. The van der Waals surface area contributed by atoms with Crippen molar-refractivity contribution in [1.29, 1.82) is 0 Å². The van der Waals surface area contributed by atoms with Crippen molar-refractivity contribution in [3.8, 4) is 0 Å². The lowest BCUT2D eigenvalue weighted by atomic mass is 10.1. The molecule has 1 aliphatic rings. The molecular formula is C12H18N4O4S. The molecule has 0 bridgehead atoms. The normalized spacial score (nSPS) is 17.8. The van der Waals surface area contributed by atoms with Gasteiger partial charge in [0.1, 0.15) is 5.69 Å². The predicted octanol–water partition coefficient (Wildman–Crippen LogP) is 0.550. The van der Waals surface area contributed by atoms with E-state index >= 15 is 0 Å². The Bertz CT molecular complexity index is 639. The highest BCUT2D eigenvalue weighted by atomic mass is 32.2. The maximum absolute atomic E-state index is 12.3. The molecule has 0 saturated carbocycles. The van der Waals surface area contributed by atoms with Crippen LogP contribution in [0.1, 0.15) is 12.8 Å². The van der Waals surface area contributed by atoms with E-state index in [0.29, 0.717) is 0 Å². The molecular weight excluding hydrogens is 296 g/mol. The summed E-state index contributed by atoms with van der Waals surface area (Å²) >= 11 is 0. The van der Waals surface area contributed by atoms with E-state index in [-0.39, 0.29) is 22.3 Å². The molecule has 0 amide bonds. The second-order valence-corrected chi connectivity index (χ2v) is 6.89. The van der Waals surface area contributed by atoms with Gasteiger partial charge in [-0.3, -0.25) is 10.1 Å². The number of nitrogen functional groups attached to an aromatic ring is 1. The quantitative estimate of drug-likeness (QED) is 0.476. The van der Waals surface area contributed by atoms with Crippen molar-refractivity contribution < 1.29 is 13.3 Å². The van der Waals surface area contributed by atoms with Crippen LogP contribution in [-0.4, -0.2) is 44.4 Å². The van der Waals surface area contributed by atoms with Gasteiger partial charge in [-0.05, 0) is 45.1 Å². The van der Waals surface area contributed by atoms with Crippen molar-refractivity contribution in [1.82, 2.24) is 9.62 Å². The summed E-state index contributed by atoms with van der Waals surface area (Å²) in [5.74, 6) is 0. The molecule has 1 aromatic rings. The van der Waals surface area contributed by atoms with Gasteiger partial charge < -0.3 is 10.6 Å². The van der Waals surface area contributed by atoms with E-state index in [4.69, 9.17) is 5.73 Å². The van der Waals surface area contributed by atoms with Gasteiger partial charge in [0.05, 0.1) is 9.82 Å². The number of benzene rings is 1. The Balaban J connectivity index is 2.16. The zero-order valence-corrected chi connectivity index (χ0v) is 12.5. The van der Waals surface area contributed by atoms with Gasteiger partial charge >= 0.3 is 0 Å². The summed E-state index contributed by atoms with van der Waals surface area (Å²) in [6, 6.07) is 3.31. The van der Waals surface area contributed by atoms with Crippen LogP contribution in [0.5, 0.6) is 0 Å². The van der Waals surface area contributed by atoms with Crippen molar-refractivity contribution in [2.45, 2.75) is 23.8 Å². The standard InChI is InChI=1S/C12H18N4O4S/c1-15-6-4-9(5-7-15)14-21(19,20)10-2-3-12(16(17)18)11(13)8-10/h2-3,8-9,14H,4-7,13H2,1H3. The van der Waals surface area contributed by atoms with Crippen LogP contribution < -0.4 is 10.5 Å². The summed E-state index contributed by atoms with van der Waals surface area (Å²) in [5.41, 5.74) is 5.07. The summed E-state index contributed by atoms with van der Waals surface area (Å²) < 4.78 is 27.2. The minimum Gasteiger partial charge on any atom is -0.393 e. The number of piperidine rings is 1. The zero-order valence-electron chi connectivity index (χ0n) is 11.7. The van der Waals surface area contributed by atoms with E-state index in [1.807, 2.05) is 7.05 Å². The number of hydrogen-bond donors (Lipinski definition) is 2. The molecule has 1 saturated heterocycles. The third-order valence-electron chi connectivity index (χ3n) is 3.55. The number of anilines is 1. The van der Waals surface area contributed by atoms with E-state index in [1.54, 1.807) is 0 Å². The lowest BCUT2D eigenvalue weighted by molar-refractivity contribution is -0.383. The number of likely N-dealkylation sites (tertiary alicyclic amines) is 1. The van der Waals surface area contributed by atoms with Crippen molar-refractivity contribution >= 4 is 21.4 Å². The topological polar surface area (TPSA) is 119 Å². The first kappa shape index (κ1) is 15.7. The minimum absolute atomic E-state index is 0.0514. The van der Waals surface area contributed by atoms with Crippen LogP contribution in [0.4, 0.5) is 11.4 Å². The Labute approximate surface area is 123 Å². The van der Waals surface area contributed by atoms with Gasteiger partial charge in [-0.1, -0.05) is 0 Å². The molecule has 2 rings (SSSR count). The molecule has 0 aliphatic carbocycles. The monoisotopic (exact) mass is 314 g/mol. The number of hydrogen-bond acceptors (Lipinski definition) is 6. The molecule has 9 heteroatoms. The lowest BCUT2D eigenvalue weighted by Gasteiger charge is -2.29. The summed E-state index contributed by atoms with van der Waals surface area (Å²) in [4.78, 5) is 12.1. The van der Waals surface area contributed by atoms with Gasteiger partial charge in [-0.2, -0.15) is 0 Å². The van der Waals surface area contributed by atoms with Crippen molar-refractivity contribution in [3.63, 3.8) is 0 Å². The lowest BCUT2D eigenvalue weighted by Crippen LogP contribution is -2.43. The van der Waals surface area contributed by atoms with Crippen LogP contribution in [0.15, 0.2) is 23.1 Å². The molecule has 3 N–H and O–H groups in total. The maximum atomic E-state index is 12.3. The van der Waals surface area contributed by atoms with Crippen LogP contribution in [0.25, 0.3) is 0 Å². The molecule has 1 fully saturated rings. The van der Waals surface area contributed by atoms with Gasteiger partial charge in [0, 0.05) is 12.1 Å². The fraction of sp³-hybridized carbons (Fsp3) is 0.500. The Morgan fingerprint density at radius 3 is 2.52 bits per heavy atom. The summed E-state index contributed by atoms with van der Waals surface area (Å²) in [5, 5.41) is 10.7. The fourth-order valence-electron chi connectivity index (χ4n) is 2.28. The molecule has 0 unspecified atom stereocenters. The zero-order chi connectivity index (χ0) is 15.6. The number of nitrogens with two attached hydrogens (primary N) is 1. The number of rotatable bonds is 4. The molecule has 0 atom stereocenters. The van der Waals surface area contributed by atoms with E-state index in [1.165, 1.54) is 6.07 Å². The van der Waals surface area contributed by atoms with Gasteiger partial charge in [0.15, 0.2) is 0 Å². The number of nitrogens with one attached hydrogen (secondary N) is 1. The number of sulfonamides is 1. The Morgan fingerprint density at radius 1 is 1.38 bits per heavy atom. The highest BCUT2D eigenvalue weighted by Crippen LogP contribution is 2.24. The third-order valence-corrected chi connectivity index (χ3v) is 5.06. The second-order valence-electron chi connectivity index (χ2n) is 5.18. The van der Waals surface area contributed by atoms with E-state index in [9.17, 15) is 18.5 Å². The minimum atomic E-state index is -3.71. The highest BCUT2D eigenvalue weighted by molar-refractivity contribution is 7.89. The van der Waals surface area contributed by atoms with Crippen LogP contribution in [-0.2, 0) is 10.0 Å². The first-order chi connectivity index (χ1) is 9.79. The third kappa shape index (κ3) is 3.69. The summed E-state index contributed by atoms with van der Waals surface area (Å²) in [6.45, 7) is 1.66. The van der Waals surface area contributed by atoms with Crippen LogP contribution in [0, 0.1) is 10.1 Å². The average molecular weight is 314 g/mol. The highest BCUT2D eigenvalue weighted by Gasteiger charge is 2.24. The van der Waals surface area contributed by atoms with Gasteiger partial charge in [0.2, 0.25) is 10.0 Å². The predicted molar refractivity (Wildman–Crippen MR) is 78.3 cm³/mol. The molecule has 21 heavy (non-hydrogen) atoms. The van der Waals surface area contributed by atoms with Gasteiger partial charge in [-0.15, -0.1) is 0 Å². The molecule has 1 heterocycles. The number of nitrogens with zero attached hydrogens (tertiary/aromatic N) is 2. The average Bonchev–Trinajstić information content (AvgIpc) is 2.40. The molecule has 8 nitrogen and oxygen atoms in total. The van der Waals surface area contributed by atoms with Crippen molar-refractivity contribution in [2.24, 2.45) is 0 Å². The maximum Gasteiger partial charge on any atom is 0.292 e. The molecule has 0 aromatic heterocycles. The van der Waals surface area contributed by atoms with E-state index < -0.39 is 14.9 Å². The van der Waals surface area contributed by atoms with Crippen LogP contribution in [0.3, 0.4) is 0 Å². The smallest absolute Gasteiger partial charge is 0.292 e. The molecule has 0 radical (unpaired) electrons. The fourth-order valence-corrected chi connectivity index (χ4v) is 3.62. The first-order valence-electron chi connectivity index (χ1n) is 6.54. The van der Waals surface area contributed by atoms with Gasteiger partial charge in [0.25, 0.3) is 5.69 Å². The number of nitro benzene ring substituents is 1. The van der Waals surface area contributed by atoms with Crippen molar-refractivity contribution in [3.05, 3.63) is 28.3 Å². The molecule has 116 valence electrons. The molecule has 0 spiro atoms. The largest absolute Gasteiger partial charge is 0.393 e. The first-order valence-corrected chi connectivity index (χ1v) is 8.03. The van der Waals surface area contributed by atoms with E-state index in [2.05, 4.69) is 9.62 Å². The van der Waals surface area contributed by atoms with Crippen LogP contribution >= 0.6 is 0 Å². The summed E-state index contributed by atoms with van der Waals surface area (Å²) in [7, 11) is -1.73. The van der Waals surface area contributed by atoms with E-state index in [0.717, 1.165) is 38.1 Å². The molecule has 1 aliphatic heterocycles. The Hall–Kier alpha value is -1.71. The second kappa shape index (κ2) is 5.96.